The van der Waals surface area contributed by atoms with Crippen molar-refractivity contribution >= 4 is 56.0 Å². The van der Waals surface area contributed by atoms with Crippen molar-refractivity contribution in [3.8, 4) is 11.3 Å². The molecule has 1 aliphatic rings. The monoisotopic (exact) mass is 397 g/mol. The molecule has 0 radical (unpaired) electrons. The zero-order valence-corrected chi connectivity index (χ0v) is 14.6. The smallest absolute Gasteiger partial charge is 0.245 e. The molecule has 0 aliphatic carbocycles. The van der Waals surface area contributed by atoms with Gasteiger partial charge in [0, 0.05) is 15.4 Å². The van der Waals surface area contributed by atoms with Crippen LogP contribution in [0.2, 0.25) is 0 Å². The van der Waals surface area contributed by atoms with Crippen molar-refractivity contribution in [2.45, 2.75) is 0 Å². The summed E-state index contributed by atoms with van der Waals surface area (Å²) >= 11 is 6.32. The van der Waals surface area contributed by atoms with E-state index in [9.17, 15) is 9.59 Å². The normalized spacial score (nSPS) is 14.4. The maximum Gasteiger partial charge on any atom is 0.245 e. The second-order valence-electron chi connectivity index (χ2n) is 4.67. The molecule has 0 saturated carbocycles. The number of rotatable bonds is 4. The van der Waals surface area contributed by atoms with Gasteiger partial charge in [0.25, 0.3) is 0 Å². The van der Waals surface area contributed by atoms with Crippen molar-refractivity contribution in [1.82, 2.24) is 9.88 Å². The first-order valence-corrected chi connectivity index (χ1v) is 9.31. The molecule has 2 aromatic rings. The van der Waals surface area contributed by atoms with Crippen LogP contribution >= 0.6 is 39.0 Å². The lowest BCUT2D eigenvalue weighted by atomic mass is 10.2. The van der Waals surface area contributed by atoms with E-state index in [4.69, 9.17) is 0 Å². The Kier molecular flexibility index (Phi) is 4.80. The van der Waals surface area contributed by atoms with Crippen molar-refractivity contribution in [3.63, 3.8) is 0 Å². The van der Waals surface area contributed by atoms with Crippen LogP contribution in [0.4, 0.5) is 5.13 Å². The Morgan fingerprint density at radius 3 is 3.05 bits per heavy atom. The maximum atomic E-state index is 12.0. The molecule has 0 atom stereocenters. The van der Waals surface area contributed by atoms with E-state index >= 15 is 0 Å². The molecule has 2 heterocycles. The Balaban J connectivity index is 1.64. The second kappa shape index (κ2) is 6.80. The molecule has 1 aromatic heterocycles. The summed E-state index contributed by atoms with van der Waals surface area (Å²) in [5.74, 6) is 0.824. The number of hydrogen-bond donors (Lipinski definition) is 1. The van der Waals surface area contributed by atoms with Gasteiger partial charge in [0.15, 0.2) is 5.13 Å². The van der Waals surface area contributed by atoms with Crippen molar-refractivity contribution in [1.29, 1.82) is 0 Å². The molecule has 0 spiro atoms. The van der Waals surface area contributed by atoms with Crippen molar-refractivity contribution in [3.05, 3.63) is 34.1 Å². The highest BCUT2D eigenvalue weighted by atomic mass is 79.9. The SMILES string of the molecule is O=C(CN1CSCC1=O)Nc1nc(-c2cccc(Br)c2)cs1. The van der Waals surface area contributed by atoms with E-state index in [1.165, 1.54) is 23.1 Å². The molecular weight excluding hydrogens is 386 g/mol. The van der Waals surface area contributed by atoms with E-state index in [0.29, 0.717) is 16.8 Å². The van der Waals surface area contributed by atoms with Crippen LogP contribution in [-0.4, -0.2) is 39.9 Å². The third-order valence-corrected chi connectivity index (χ3v) is 5.23. The van der Waals surface area contributed by atoms with Crippen LogP contribution in [-0.2, 0) is 9.59 Å². The number of amides is 2. The molecule has 0 unspecified atom stereocenters. The van der Waals surface area contributed by atoms with E-state index in [0.717, 1.165) is 15.7 Å². The minimum atomic E-state index is -0.217. The van der Waals surface area contributed by atoms with Crippen LogP contribution in [0.1, 0.15) is 0 Å². The Labute approximate surface area is 144 Å². The zero-order valence-electron chi connectivity index (χ0n) is 11.4. The van der Waals surface area contributed by atoms with Gasteiger partial charge in [-0.05, 0) is 12.1 Å². The minimum Gasteiger partial charge on any atom is -0.323 e. The van der Waals surface area contributed by atoms with Gasteiger partial charge in [-0.2, -0.15) is 0 Å². The number of carbonyl (C=O) groups excluding carboxylic acids is 2. The molecule has 114 valence electrons. The largest absolute Gasteiger partial charge is 0.323 e. The number of anilines is 1. The van der Waals surface area contributed by atoms with Gasteiger partial charge >= 0.3 is 0 Å². The Morgan fingerprint density at radius 1 is 1.45 bits per heavy atom. The lowest BCUT2D eigenvalue weighted by Crippen LogP contribution is -2.34. The molecule has 3 rings (SSSR count). The Morgan fingerprint density at radius 2 is 2.32 bits per heavy atom. The fraction of sp³-hybridized carbons (Fsp3) is 0.214. The molecule has 1 aromatic carbocycles. The number of carbonyl (C=O) groups is 2. The summed E-state index contributed by atoms with van der Waals surface area (Å²) in [6, 6.07) is 7.82. The van der Waals surface area contributed by atoms with Crippen LogP contribution in [0.25, 0.3) is 11.3 Å². The fourth-order valence-corrected chi connectivity index (χ4v) is 4.02. The quantitative estimate of drug-likeness (QED) is 0.860. The van der Waals surface area contributed by atoms with E-state index in [2.05, 4.69) is 26.2 Å². The number of hydrogen-bond acceptors (Lipinski definition) is 5. The first-order valence-electron chi connectivity index (χ1n) is 6.48. The van der Waals surface area contributed by atoms with Crippen molar-refractivity contribution in [2.24, 2.45) is 0 Å². The van der Waals surface area contributed by atoms with E-state index in [1.807, 2.05) is 29.6 Å². The lowest BCUT2D eigenvalue weighted by molar-refractivity contribution is -0.130. The van der Waals surface area contributed by atoms with Gasteiger partial charge in [-0.3, -0.25) is 9.59 Å². The molecule has 1 saturated heterocycles. The molecule has 1 N–H and O–H groups in total. The van der Waals surface area contributed by atoms with Gasteiger partial charge in [0.2, 0.25) is 11.8 Å². The maximum absolute atomic E-state index is 12.0. The summed E-state index contributed by atoms with van der Waals surface area (Å²) in [6.07, 6.45) is 0. The number of nitrogens with one attached hydrogen (secondary N) is 1. The third-order valence-electron chi connectivity index (χ3n) is 3.03. The number of aromatic nitrogens is 1. The summed E-state index contributed by atoms with van der Waals surface area (Å²) in [5.41, 5.74) is 1.80. The molecule has 2 amide bonds. The number of thiazole rings is 1. The molecule has 1 aliphatic heterocycles. The standard InChI is InChI=1S/C14H12BrN3O2S2/c15-10-3-1-2-9(4-10)11-6-22-14(16-11)17-12(19)5-18-8-21-7-13(18)20/h1-4,6H,5,7-8H2,(H,16,17,19). The third kappa shape index (κ3) is 3.68. The van der Waals surface area contributed by atoms with Gasteiger partial charge in [0.1, 0.15) is 6.54 Å². The molecule has 5 nitrogen and oxygen atoms in total. The fourth-order valence-electron chi connectivity index (χ4n) is 1.98. The average molecular weight is 398 g/mol. The first kappa shape index (κ1) is 15.5. The van der Waals surface area contributed by atoms with Crippen molar-refractivity contribution in [2.75, 3.05) is 23.5 Å². The summed E-state index contributed by atoms with van der Waals surface area (Å²) in [5, 5.41) is 5.19. The van der Waals surface area contributed by atoms with Crippen LogP contribution < -0.4 is 5.32 Å². The van der Waals surface area contributed by atoms with E-state index < -0.39 is 0 Å². The van der Waals surface area contributed by atoms with Gasteiger partial charge < -0.3 is 10.2 Å². The predicted octanol–water partition coefficient (Wildman–Crippen LogP) is 3.04. The summed E-state index contributed by atoms with van der Waals surface area (Å²) in [7, 11) is 0. The molecule has 1 fully saturated rings. The van der Waals surface area contributed by atoms with Gasteiger partial charge in [-0.15, -0.1) is 23.1 Å². The van der Waals surface area contributed by atoms with Crippen LogP contribution in [0.5, 0.6) is 0 Å². The van der Waals surface area contributed by atoms with Gasteiger partial charge in [-0.25, -0.2) is 4.98 Å². The highest BCUT2D eigenvalue weighted by Crippen LogP contribution is 2.27. The average Bonchev–Trinajstić information content (AvgIpc) is 3.09. The first-order chi connectivity index (χ1) is 10.6. The highest BCUT2D eigenvalue weighted by molar-refractivity contribution is 9.10. The second-order valence-corrected chi connectivity index (χ2v) is 7.39. The lowest BCUT2D eigenvalue weighted by Gasteiger charge is -2.13. The number of thioether (sulfide) groups is 1. The van der Waals surface area contributed by atoms with Crippen LogP contribution in [0.15, 0.2) is 34.1 Å². The van der Waals surface area contributed by atoms with E-state index in [1.54, 1.807) is 4.90 Å². The highest BCUT2D eigenvalue weighted by Gasteiger charge is 2.23. The zero-order chi connectivity index (χ0) is 15.5. The van der Waals surface area contributed by atoms with E-state index in [-0.39, 0.29) is 18.4 Å². The van der Waals surface area contributed by atoms with Gasteiger partial charge in [-0.1, -0.05) is 28.1 Å². The topological polar surface area (TPSA) is 62.3 Å². The minimum absolute atomic E-state index is 0.00844. The van der Waals surface area contributed by atoms with Crippen LogP contribution in [0, 0.1) is 0 Å². The van der Waals surface area contributed by atoms with Crippen molar-refractivity contribution < 1.29 is 9.59 Å². The number of nitrogens with zero attached hydrogens (tertiary/aromatic N) is 2. The number of halogens is 1. The Bertz CT molecular complexity index is 720. The number of benzene rings is 1. The molecular formula is C14H12BrN3O2S2. The Hall–Kier alpha value is -1.38. The summed E-state index contributed by atoms with van der Waals surface area (Å²) < 4.78 is 0.980. The molecule has 22 heavy (non-hydrogen) atoms. The summed E-state index contributed by atoms with van der Waals surface area (Å²) in [4.78, 5) is 29.4. The van der Waals surface area contributed by atoms with Gasteiger partial charge in [0.05, 0.1) is 17.3 Å². The van der Waals surface area contributed by atoms with Crippen LogP contribution in [0.3, 0.4) is 0 Å². The summed E-state index contributed by atoms with van der Waals surface area (Å²) in [6.45, 7) is 0.0810. The molecule has 8 heteroatoms. The predicted molar refractivity (Wildman–Crippen MR) is 92.9 cm³/mol. The molecule has 0 bridgehead atoms.